The highest BCUT2D eigenvalue weighted by Gasteiger charge is 2.29. The van der Waals surface area contributed by atoms with Crippen LogP contribution in [0.15, 0.2) is 18.2 Å². The molecular formula is C14H19ClFNO. The number of hydrogen-bond acceptors (Lipinski definition) is 2. The maximum atomic E-state index is 13.9. The predicted octanol–water partition coefficient (Wildman–Crippen LogP) is 3.56. The first-order chi connectivity index (χ1) is 8.72. The third kappa shape index (κ3) is 3.22. The standard InChI is InChI=1S/C14H19ClFNO/c1-2-17-9-10-4-3-7-18-14(10)12-8-11(15)5-6-13(12)16/h5-6,8,10,14,17H,2-4,7,9H2,1H3. The molecular weight excluding hydrogens is 253 g/mol. The molecule has 1 aliphatic rings. The van der Waals surface area contributed by atoms with Crippen LogP contribution < -0.4 is 5.32 Å². The summed E-state index contributed by atoms with van der Waals surface area (Å²) in [6.45, 7) is 4.53. The fraction of sp³-hybridized carbons (Fsp3) is 0.571. The molecule has 1 fully saturated rings. The normalized spacial score (nSPS) is 24.2. The molecule has 100 valence electrons. The van der Waals surface area contributed by atoms with Gasteiger partial charge in [-0.3, -0.25) is 0 Å². The minimum Gasteiger partial charge on any atom is -0.373 e. The molecule has 0 aliphatic carbocycles. The second kappa shape index (κ2) is 6.50. The first-order valence-corrected chi connectivity index (χ1v) is 6.87. The first-order valence-electron chi connectivity index (χ1n) is 6.49. The van der Waals surface area contributed by atoms with Crippen molar-refractivity contribution in [1.82, 2.24) is 5.32 Å². The summed E-state index contributed by atoms with van der Waals surface area (Å²) in [4.78, 5) is 0. The Bertz CT molecular complexity index is 399. The summed E-state index contributed by atoms with van der Waals surface area (Å²) in [6, 6.07) is 4.67. The first kappa shape index (κ1) is 13.8. The molecule has 0 spiro atoms. The summed E-state index contributed by atoms with van der Waals surface area (Å²) < 4.78 is 19.7. The average molecular weight is 272 g/mol. The summed E-state index contributed by atoms with van der Waals surface area (Å²) in [7, 11) is 0. The van der Waals surface area contributed by atoms with Crippen molar-refractivity contribution in [2.75, 3.05) is 19.7 Å². The monoisotopic (exact) mass is 271 g/mol. The zero-order chi connectivity index (χ0) is 13.0. The van der Waals surface area contributed by atoms with Crippen LogP contribution in [0, 0.1) is 11.7 Å². The van der Waals surface area contributed by atoms with Crippen LogP contribution in [-0.4, -0.2) is 19.7 Å². The Morgan fingerprint density at radius 3 is 3.11 bits per heavy atom. The molecule has 4 heteroatoms. The Morgan fingerprint density at radius 2 is 2.33 bits per heavy atom. The van der Waals surface area contributed by atoms with Crippen LogP contribution in [0.1, 0.15) is 31.4 Å². The van der Waals surface area contributed by atoms with Crippen LogP contribution in [0.25, 0.3) is 0 Å². The van der Waals surface area contributed by atoms with Gasteiger partial charge in [0.25, 0.3) is 0 Å². The molecule has 1 aromatic rings. The predicted molar refractivity (Wildman–Crippen MR) is 71.4 cm³/mol. The van der Waals surface area contributed by atoms with Gasteiger partial charge in [-0.1, -0.05) is 18.5 Å². The van der Waals surface area contributed by atoms with E-state index in [1.165, 1.54) is 6.07 Å². The van der Waals surface area contributed by atoms with Gasteiger partial charge in [0.2, 0.25) is 0 Å². The maximum Gasteiger partial charge on any atom is 0.129 e. The smallest absolute Gasteiger partial charge is 0.129 e. The molecule has 0 radical (unpaired) electrons. The van der Waals surface area contributed by atoms with Gasteiger partial charge < -0.3 is 10.1 Å². The third-order valence-electron chi connectivity index (χ3n) is 3.37. The largest absolute Gasteiger partial charge is 0.373 e. The molecule has 1 aliphatic heterocycles. The minimum absolute atomic E-state index is 0.184. The quantitative estimate of drug-likeness (QED) is 0.904. The van der Waals surface area contributed by atoms with Gasteiger partial charge in [-0.2, -0.15) is 0 Å². The number of benzene rings is 1. The second-order valence-electron chi connectivity index (χ2n) is 4.67. The van der Waals surface area contributed by atoms with E-state index in [2.05, 4.69) is 12.2 Å². The highest BCUT2D eigenvalue weighted by Crippen LogP contribution is 2.35. The molecule has 0 aromatic heterocycles. The fourth-order valence-corrected chi connectivity index (χ4v) is 2.64. The van der Waals surface area contributed by atoms with Crippen molar-refractivity contribution in [3.05, 3.63) is 34.6 Å². The number of nitrogens with one attached hydrogen (secondary N) is 1. The molecule has 1 N–H and O–H groups in total. The molecule has 2 rings (SSSR count). The zero-order valence-electron chi connectivity index (χ0n) is 10.6. The molecule has 1 aromatic carbocycles. The molecule has 1 saturated heterocycles. The summed E-state index contributed by atoms with van der Waals surface area (Å²) in [5.74, 6) is 0.0828. The second-order valence-corrected chi connectivity index (χ2v) is 5.10. The Morgan fingerprint density at radius 1 is 1.50 bits per heavy atom. The van der Waals surface area contributed by atoms with Crippen LogP contribution in [0.4, 0.5) is 4.39 Å². The number of hydrogen-bond donors (Lipinski definition) is 1. The van der Waals surface area contributed by atoms with E-state index in [0.29, 0.717) is 23.1 Å². The van der Waals surface area contributed by atoms with Crippen molar-refractivity contribution in [2.45, 2.75) is 25.9 Å². The van der Waals surface area contributed by atoms with Crippen LogP contribution in [0.3, 0.4) is 0 Å². The lowest BCUT2D eigenvalue weighted by Crippen LogP contribution is -2.32. The highest BCUT2D eigenvalue weighted by atomic mass is 35.5. The molecule has 18 heavy (non-hydrogen) atoms. The maximum absolute atomic E-state index is 13.9. The lowest BCUT2D eigenvalue weighted by Gasteiger charge is -2.32. The van der Waals surface area contributed by atoms with Crippen molar-refractivity contribution in [1.29, 1.82) is 0 Å². The Labute approximate surface area is 112 Å². The van der Waals surface area contributed by atoms with Gasteiger partial charge in [-0.15, -0.1) is 0 Å². The van der Waals surface area contributed by atoms with Crippen molar-refractivity contribution in [3.63, 3.8) is 0 Å². The topological polar surface area (TPSA) is 21.3 Å². The summed E-state index contributed by atoms with van der Waals surface area (Å²) in [5.41, 5.74) is 0.588. The van der Waals surface area contributed by atoms with Crippen molar-refractivity contribution >= 4 is 11.6 Å². The number of halogens is 2. The summed E-state index contributed by atoms with van der Waals surface area (Å²) in [5, 5.41) is 3.87. The van der Waals surface area contributed by atoms with Crippen LogP contribution in [0.2, 0.25) is 5.02 Å². The molecule has 0 saturated carbocycles. The van der Waals surface area contributed by atoms with Gasteiger partial charge in [-0.25, -0.2) is 4.39 Å². The average Bonchev–Trinajstić information content (AvgIpc) is 2.39. The fourth-order valence-electron chi connectivity index (χ4n) is 2.46. The van der Waals surface area contributed by atoms with Crippen molar-refractivity contribution in [3.8, 4) is 0 Å². The molecule has 0 bridgehead atoms. The summed E-state index contributed by atoms with van der Waals surface area (Å²) >= 11 is 5.95. The van der Waals surface area contributed by atoms with Gasteiger partial charge in [-0.05, 0) is 37.6 Å². The van der Waals surface area contributed by atoms with E-state index in [1.54, 1.807) is 12.1 Å². The molecule has 2 unspecified atom stereocenters. The van der Waals surface area contributed by atoms with E-state index in [1.807, 2.05) is 0 Å². The third-order valence-corrected chi connectivity index (χ3v) is 3.60. The number of rotatable bonds is 4. The molecule has 2 atom stereocenters. The van der Waals surface area contributed by atoms with E-state index in [9.17, 15) is 4.39 Å². The van der Waals surface area contributed by atoms with E-state index in [4.69, 9.17) is 16.3 Å². The molecule has 1 heterocycles. The Hall–Kier alpha value is -0.640. The van der Waals surface area contributed by atoms with E-state index in [0.717, 1.165) is 25.9 Å². The lowest BCUT2D eigenvalue weighted by molar-refractivity contribution is -0.0294. The SMILES string of the molecule is CCNCC1CCCOC1c1cc(Cl)ccc1F. The summed E-state index contributed by atoms with van der Waals surface area (Å²) in [6.07, 6.45) is 1.91. The van der Waals surface area contributed by atoms with Crippen molar-refractivity contribution in [2.24, 2.45) is 5.92 Å². The number of ether oxygens (including phenoxy) is 1. The van der Waals surface area contributed by atoms with Gasteiger partial charge in [0, 0.05) is 29.7 Å². The minimum atomic E-state index is -0.229. The van der Waals surface area contributed by atoms with Gasteiger partial charge in [0.05, 0.1) is 6.10 Å². The van der Waals surface area contributed by atoms with Crippen LogP contribution in [0.5, 0.6) is 0 Å². The molecule has 0 amide bonds. The van der Waals surface area contributed by atoms with Crippen LogP contribution >= 0.6 is 11.6 Å². The molecule has 2 nitrogen and oxygen atoms in total. The zero-order valence-corrected chi connectivity index (χ0v) is 11.3. The Balaban J connectivity index is 2.19. The lowest BCUT2D eigenvalue weighted by atomic mass is 9.89. The van der Waals surface area contributed by atoms with E-state index < -0.39 is 0 Å². The van der Waals surface area contributed by atoms with Gasteiger partial charge in [0.15, 0.2) is 0 Å². The highest BCUT2D eigenvalue weighted by molar-refractivity contribution is 6.30. The van der Waals surface area contributed by atoms with Crippen molar-refractivity contribution < 1.29 is 9.13 Å². The van der Waals surface area contributed by atoms with E-state index in [-0.39, 0.29) is 11.9 Å². The van der Waals surface area contributed by atoms with Gasteiger partial charge in [0.1, 0.15) is 5.82 Å². The van der Waals surface area contributed by atoms with Crippen LogP contribution in [-0.2, 0) is 4.74 Å². The van der Waals surface area contributed by atoms with E-state index >= 15 is 0 Å². The van der Waals surface area contributed by atoms with Gasteiger partial charge >= 0.3 is 0 Å². The Kier molecular flexibility index (Phi) is 4.98.